The van der Waals surface area contributed by atoms with Crippen LogP contribution in [0.3, 0.4) is 0 Å². The molecule has 9 nitrogen and oxygen atoms in total. The second kappa shape index (κ2) is 8.96. The van der Waals surface area contributed by atoms with Gasteiger partial charge in [-0.1, -0.05) is 0 Å². The van der Waals surface area contributed by atoms with Gasteiger partial charge in [0.15, 0.2) is 0 Å². The van der Waals surface area contributed by atoms with Gasteiger partial charge in [-0.15, -0.1) is 0 Å². The third kappa shape index (κ3) is 4.57. The van der Waals surface area contributed by atoms with Crippen molar-refractivity contribution in [2.24, 2.45) is 0 Å². The van der Waals surface area contributed by atoms with Gasteiger partial charge in [0.25, 0.3) is 10.0 Å². The summed E-state index contributed by atoms with van der Waals surface area (Å²) in [6.45, 7) is 3.25. The molecule has 0 aliphatic carbocycles. The lowest BCUT2D eigenvalue weighted by atomic mass is 10.2. The smallest absolute Gasteiger partial charge is 0.262 e. The minimum absolute atomic E-state index is 0.00183. The number of rotatable bonds is 7. The Morgan fingerprint density at radius 3 is 2.21 bits per heavy atom. The van der Waals surface area contributed by atoms with Crippen LogP contribution < -0.4 is 14.4 Å². The van der Waals surface area contributed by atoms with Gasteiger partial charge in [0.2, 0.25) is 15.9 Å². The molecular formula is C22H27N3O6S2. The van der Waals surface area contributed by atoms with Crippen LogP contribution >= 0.6 is 0 Å². The van der Waals surface area contributed by atoms with Gasteiger partial charge in [0.1, 0.15) is 5.75 Å². The highest BCUT2D eigenvalue weighted by Crippen LogP contribution is 2.33. The van der Waals surface area contributed by atoms with E-state index in [1.54, 1.807) is 17.9 Å². The van der Waals surface area contributed by atoms with E-state index < -0.39 is 20.0 Å². The molecule has 11 heteroatoms. The molecule has 0 unspecified atom stereocenters. The normalized spacial score (nSPS) is 17.5. The number of nitrogens with one attached hydrogen (secondary N) is 1. The Kier molecular flexibility index (Phi) is 6.39. The predicted molar refractivity (Wildman–Crippen MR) is 125 cm³/mol. The summed E-state index contributed by atoms with van der Waals surface area (Å²) in [5.41, 5.74) is 1.38. The summed E-state index contributed by atoms with van der Waals surface area (Å²) in [6, 6.07) is 8.70. The molecule has 2 aliphatic rings. The Bertz CT molecular complexity index is 1290. The number of aryl methyl sites for hydroxylation is 1. The van der Waals surface area contributed by atoms with E-state index in [1.807, 2.05) is 0 Å². The maximum Gasteiger partial charge on any atom is 0.262 e. The van der Waals surface area contributed by atoms with Gasteiger partial charge in [-0.2, -0.15) is 4.31 Å². The van der Waals surface area contributed by atoms with E-state index >= 15 is 0 Å². The van der Waals surface area contributed by atoms with Crippen LogP contribution in [0.4, 0.5) is 11.4 Å². The molecular weight excluding hydrogens is 466 g/mol. The summed E-state index contributed by atoms with van der Waals surface area (Å²) in [6.07, 6.45) is 2.86. The van der Waals surface area contributed by atoms with Gasteiger partial charge >= 0.3 is 0 Å². The SMILES string of the molecule is COc1ccc(S(=O)(=O)N2CCCC2)cc1NS(=O)(=O)c1ccc(N2CCCC2=O)c(C)c1. The van der Waals surface area contributed by atoms with E-state index in [2.05, 4.69) is 4.72 Å². The van der Waals surface area contributed by atoms with Crippen molar-refractivity contribution >= 4 is 37.3 Å². The minimum atomic E-state index is -4.05. The molecule has 2 saturated heterocycles. The standard InChI is InChI=1S/C22H27N3O6S2/c1-16-14-17(7-9-20(16)25-13-5-6-22(25)26)32(27,28)23-19-15-18(8-10-21(19)31-2)33(29,30)24-11-3-4-12-24/h7-10,14-15,23H,3-6,11-13H2,1-2H3. The summed E-state index contributed by atoms with van der Waals surface area (Å²) in [5.74, 6) is 0.225. The fourth-order valence-electron chi connectivity index (χ4n) is 4.21. The highest BCUT2D eigenvalue weighted by atomic mass is 32.2. The monoisotopic (exact) mass is 493 g/mol. The third-order valence-corrected chi connectivity index (χ3v) is 9.22. The number of sulfonamides is 2. The zero-order chi connectivity index (χ0) is 23.8. The summed E-state index contributed by atoms with van der Waals surface area (Å²) >= 11 is 0. The molecule has 2 aliphatic heterocycles. The van der Waals surface area contributed by atoms with Crippen molar-refractivity contribution < 1.29 is 26.4 Å². The van der Waals surface area contributed by atoms with Gasteiger partial charge in [0, 0.05) is 31.7 Å². The Balaban J connectivity index is 1.65. The molecule has 0 bridgehead atoms. The minimum Gasteiger partial charge on any atom is -0.495 e. The number of ether oxygens (including phenoxy) is 1. The summed E-state index contributed by atoms with van der Waals surface area (Å²) in [4.78, 5) is 13.7. The number of benzene rings is 2. The van der Waals surface area contributed by atoms with Gasteiger partial charge in [-0.05, 0) is 68.1 Å². The lowest BCUT2D eigenvalue weighted by molar-refractivity contribution is -0.117. The van der Waals surface area contributed by atoms with Crippen LogP contribution in [0.2, 0.25) is 0 Å². The number of carbonyl (C=O) groups is 1. The quantitative estimate of drug-likeness (QED) is 0.635. The number of amides is 1. The second-order valence-corrected chi connectivity index (χ2v) is 11.8. The highest BCUT2D eigenvalue weighted by molar-refractivity contribution is 7.92. The maximum atomic E-state index is 13.1. The molecule has 0 atom stereocenters. The van der Waals surface area contributed by atoms with Crippen LogP contribution in [0, 0.1) is 6.92 Å². The van der Waals surface area contributed by atoms with Gasteiger partial charge in [-0.25, -0.2) is 16.8 Å². The highest BCUT2D eigenvalue weighted by Gasteiger charge is 2.29. The van der Waals surface area contributed by atoms with E-state index in [0.717, 1.165) is 19.3 Å². The zero-order valence-corrected chi connectivity index (χ0v) is 20.2. The molecule has 1 amide bonds. The molecule has 0 saturated carbocycles. The second-order valence-electron chi connectivity index (χ2n) is 8.18. The first-order chi connectivity index (χ1) is 15.6. The largest absolute Gasteiger partial charge is 0.495 e. The lowest BCUT2D eigenvalue weighted by Gasteiger charge is -2.20. The van der Waals surface area contributed by atoms with Crippen molar-refractivity contribution in [1.82, 2.24) is 4.31 Å². The molecule has 4 rings (SSSR count). The third-order valence-electron chi connectivity index (χ3n) is 5.96. The van der Waals surface area contributed by atoms with Gasteiger partial charge in [-0.3, -0.25) is 9.52 Å². The van der Waals surface area contributed by atoms with E-state index in [-0.39, 0.29) is 27.1 Å². The van der Waals surface area contributed by atoms with Crippen molar-refractivity contribution in [3.63, 3.8) is 0 Å². The van der Waals surface area contributed by atoms with Crippen LogP contribution in [0.15, 0.2) is 46.2 Å². The molecule has 0 aromatic heterocycles. The molecule has 178 valence electrons. The molecule has 0 radical (unpaired) electrons. The predicted octanol–water partition coefficient (Wildman–Crippen LogP) is 2.72. The first kappa shape index (κ1) is 23.5. The number of carbonyl (C=O) groups excluding carboxylic acids is 1. The number of anilines is 2. The molecule has 2 aromatic rings. The van der Waals surface area contributed by atoms with Crippen LogP contribution in [0.1, 0.15) is 31.2 Å². The maximum absolute atomic E-state index is 13.1. The molecule has 33 heavy (non-hydrogen) atoms. The van der Waals surface area contributed by atoms with E-state index in [0.29, 0.717) is 37.3 Å². The molecule has 2 heterocycles. The van der Waals surface area contributed by atoms with E-state index in [1.165, 1.54) is 41.7 Å². The average molecular weight is 494 g/mol. The van der Waals surface area contributed by atoms with Gasteiger partial charge < -0.3 is 9.64 Å². The number of hydrogen-bond donors (Lipinski definition) is 1. The fourth-order valence-corrected chi connectivity index (χ4v) is 6.90. The summed E-state index contributed by atoms with van der Waals surface area (Å²) in [5, 5.41) is 0. The Morgan fingerprint density at radius 1 is 0.909 bits per heavy atom. The van der Waals surface area contributed by atoms with Crippen molar-refractivity contribution in [2.75, 3.05) is 36.4 Å². The molecule has 1 N–H and O–H groups in total. The first-order valence-corrected chi connectivity index (χ1v) is 13.7. The lowest BCUT2D eigenvalue weighted by Crippen LogP contribution is -2.28. The van der Waals surface area contributed by atoms with Crippen LogP contribution in [-0.4, -0.2) is 53.8 Å². The number of nitrogens with zero attached hydrogens (tertiary/aromatic N) is 2. The average Bonchev–Trinajstić information content (AvgIpc) is 3.46. The zero-order valence-electron chi connectivity index (χ0n) is 18.6. The number of hydrogen-bond acceptors (Lipinski definition) is 6. The van der Waals surface area contributed by atoms with Crippen LogP contribution in [-0.2, 0) is 24.8 Å². The molecule has 0 spiro atoms. The topological polar surface area (TPSA) is 113 Å². The van der Waals surface area contributed by atoms with Crippen molar-refractivity contribution in [3.05, 3.63) is 42.0 Å². The Labute approximate surface area is 194 Å². The Hall–Kier alpha value is -2.63. The van der Waals surface area contributed by atoms with Crippen molar-refractivity contribution in [1.29, 1.82) is 0 Å². The van der Waals surface area contributed by atoms with Crippen LogP contribution in [0.25, 0.3) is 0 Å². The number of methoxy groups -OCH3 is 1. The van der Waals surface area contributed by atoms with E-state index in [4.69, 9.17) is 4.74 Å². The fraction of sp³-hybridized carbons (Fsp3) is 0.409. The first-order valence-electron chi connectivity index (χ1n) is 10.8. The van der Waals surface area contributed by atoms with E-state index in [9.17, 15) is 21.6 Å². The summed E-state index contributed by atoms with van der Waals surface area (Å²) in [7, 11) is -6.39. The molecule has 2 aromatic carbocycles. The Morgan fingerprint density at radius 2 is 1.61 bits per heavy atom. The van der Waals surface area contributed by atoms with Crippen molar-refractivity contribution in [3.8, 4) is 5.75 Å². The summed E-state index contributed by atoms with van der Waals surface area (Å²) < 4.78 is 61.2. The van der Waals surface area contributed by atoms with Gasteiger partial charge in [0.05, 0.1) is 22.6 Å². The van der Waals surface area contributed by atoms with Crippen molar-refractivity contribution in [2.45, 2.75) is 42.4 Å². The molecule has 2 fully saturated rings. The van der Waals surface area contributed by atoms with Crippen LogP contribution in [0.5, 0.6) is 5.75 Å².